The maximum Gasteiger partial charge on any atom is 0.160 e. The SMILES string of the molecule is c1ccc(-c2cc(C3Cc4ccccc4-c4cc5sc6ccccc6c5cc43)nc(-c3ccccc3)n2)cc1. The maximum absolute atomic E-state index is 5.25. The first kappa shape index (κ1) is 22.4. The molecule has 7 aromatic rings. The molecule has 1 aliphatic carbocycles. The summed E-state index contributed by atoms with van der Waals surface area (Å²) in [5.74, 6) is 0.903. The Morgan fingerprint density at radius 2 is 1.28 bits per heavy atom. The normalized spacial score (nSPS) is 14.3. The summed E-state index contributed by atoms with van der Waals surface area (Å²) < 4.78 is 2.67. The summed E-state index contributed by atoms with van der Waals surface area (Å²) in [4.78, 5) is 10.3. The fraction of sp³-hybridized carbons (Fsp3) is 0.0556. The van der Waals surface area contributed by atoms with Gasteiger partial charge in [-0.15, -0.1) is 11.3 Å². The second-order valence-corrected chi connectivity index (χ2v) is 11.3. The van der Waals surface area contributed by atoms with E-state index in [-0.39, 0.29) is 5.92 Å². The third-order valence-corrected chi connectivity index (χ3v) is 8.99. The van der Waals surface area contributed by atoms with Gasteiger partial charge in [0.25, 0.3) is 0 Å². The van der Waals surface area contributed by atoms with Crippen LogP contribution in [0.4, 0.5) is 0 Å². The van der Waals surface area contributed by atoms with Gasteiger partial charge in [0.05, 0.1) is 11.4 Å². The van der Waals surface area contributed by atoms with Crippen molar-refractivity contribution in [3.05, 3.63) is 144 Å². The molecule has 2 aromatic heterocycles. The van der Waals surface area contributed by atoms with Gasteiger partial charge in [0.15, 0.2) is 5.82 Å². The molecule has 184 valence electrons. The van der Waals surface area contributed by atoms with Crippen molar-refractivity contribution < 1.29 is 0 Å². The van der Waals surface area contributed by atoms with Gasteiger partial charge in [-0.25, -0.2) is 9.97 Å². The molecule has 0 amide bonds. The van der Waals surface area contributed by atoms with Crippen molar-refractivity contribution >= 4 is 31.5 Å². The van der Waals surface area contributed by atoms with Crippen LogP contribution in [-0.2, 0) is 6.42 Å². The fourth-order valence-electron chi connectivity index (χ4n) is 5.98. The number of aromatic nitrogens is 2. The molecule has 0 saturated carbocycles. The number of thiophene rings is 1. The van der Waals surface area contributed by atoms with Crippen LogP contribution in [0, 0.1) is 0 Å². The minimum Gasteiger partial charge on any atom is -0.232 e. The van der Waals surface area contributed by atoms with Gasteiger partial charge in [0.1, 0.15) is 0 Å². The molecular formula is C36H24N2S. The van der Waals surface area contributed by atoms with Gasteiger partial charge >= 0.3 is 0 Å². The molecule has 3 heteroatoms. The van der Waals surface area contributed by atoms with Crippen molar-refractivity contribution in [3.8, 4) is 33.8 Å². The lowest BCUT2D eigenvalue weighted by atomic mass is 9.76. The standard InChI is InChI=1S/C36H24N2S/c1-3-11-23(12-4-1)32-22-33(38-36(37-32)24-13-5-2-6-14-24)30-19-25-15-7-8-16-26(25)29-21-35-31(20-28(29)30)27-17-9-10-18-34(27)39-35/h1-18,20-22,30H,19H2. The number of hydrogen-bond donors (Lipinski definition) is 0. The highest BCUT2D eigenvalue weighted by Gasteiger charge is 2.29. The van der Waals surface area contributed by atoms with Crippen LogP contribution in [0.2, 0.25) is 0 Å². The van der Waals surface area contributed by atoms with Crippen molar-refractivity contribution in [1.82, 2.24) is 9.97 Å². The monoisotopic (exact) mass is 516 g/mol. The Balaban J connectivity index is 1.39. The topological polar surface area (TPSA) is 25.8 Å². The molecule has 8 rings (SSSR count). The van der Waals surface area contributed by atoms with E-state index in [2.05, 4.69) is 121 Å². The summed E-state index contributed by atoms with van der Waals surface area (Å²) in [6.07, 6.45) is 0.913. The molecule has 0 saturated heterocycles. The second kappa shape index (κ2) is 9.00. The predicted octanol–water partition coefficient (Wildman–Crippen LogP) is 9.53. The summed E-state index contributed by atoms with van der Waals surface area (Å²) in [5, 5.41) is 2.66. The first-order valence-electron chi connectivity index (χ1n) is 13.3. The molecule has 0 radical (unpaired) electrons. The maximum atomic E-state index is 5.25. The van der Waals surface area contributed by atoms with Crippen molar-refractivity contribution in [2.24, 2.45) is 0 Å². The number of fused-ring (bicyclic) bond motifs is 6. The fourth-order valence-corrected chi connectivity index (χ4v) is 7.11. The van der Waals surface area contributed by atoms with E-state index in [1.165, 1.54) is 42.4 Å². The molecule has 5 aromatic carbocycles. The Labute approximate surface area is 231 Å². The number of rotatable bonds is 3. The lowest BCUT2D eigenvalue weighted by molar-refractivity contribution is 0.763. The van der Waals surface area contributed by atoms with Crippen LogP contribution in [0.3, 0.4) is 0 Å². The third kappa shape index (κ3) is 3.77. The van der Waals surface area contributed by atoms with Crippen molar-refractivity contribution in [2.45, 2.75) is 12.3 Å². The average Bonchev–Trinajstić information content (AvgIpc) is 3.38. The zero-order chi connectivity index (χ0) is 25.8. The van der Waals surface area contributed by atoms with E-state index in [4.69, 9.17) is 9.97 Å². The van der Waals surface area contributed by atoms with Crippen molar-refractivity contribution in [2.75, 3.05) is 0 Å². The molecule has 0 N–H and O–H groups in total. The van der Waals surface area contributed by atoms with E-state index in [0.29, 0.717) is 0 Å². The first-order chi connectivity index (χ1) is 19.3. The molecule has 0 aliphatic heterocycles. The van der Waals surface area contributed by atoms with E-state index in [1.807, 2.05) is 17.4 Å². The Hall–Kier alpha value is -4.60. The van der Waals surface area contributed by atoms with Crippen LogP contribution in [0.25, 0.3) is 53.9 Å². The Morgan fingerprint density at radius 1 is 0.564 bits per heavy atom. The molecule has 0 fully saturated rings. The largest absolute Gasteiger partial charge is 0.232 e. The quantitative estimate of drug-likeness (QED) is 0.234. The van der Waals surface area contributed by atoms with Crippen molar-refractivity contribution in [1.29, 1.82) is 0 Å². The van der Waals surface area contributed by atoms with E-state index in [9.17, 15) is 0 Å². The molecule has 0 spiro atoms. The van der Waals surface area contributed by atoms with Gasteiger partial charge < -0.3 is 0 Å². The molecule has 2 heterocycles. The molecule has 1 atom stereocenters. The average molecular weight is 517 g/mol. The van der Waals surface area contributed by atoms with Gasteiger partial charge in [-0.3, -0.25) is 0 Å². The van der Waals surface area contributed by atoms with Gasteiger partial charge in [0.2, 0.25) is 0 Å². The molecule has 0 bridgehead atoms. The Bertz CT molecular complexity index is 1930. The van der Waals surface area contributed by atoms with Gasteiger partial charge in [-0.05, 0) is 52.9 Å². The first-order valence-corrected chi connectivity index (χ1v) is 14.2. The summed E-state index contributed by atoms with van der Waals surface area (Å²) in [6, 6.07) is 45.5. The molecular weight excluding hydrogens is 492 g/mol. The van der Waals surface area contributed by atoms with Crippen LogP contribution in [0.15, 0.2) is 127 Å². The number of nitrogens with zero attached hydrogens (tertiary/aromatic N) is 2. The van der Waals surface area contributed by atoms with E-state index < -0.39 is 0 Å². The smallest absolute Gasteiger partial charge is 0.160 e. The van der Waals surface area contributed by atoms with Gasteiger partial charge in [-0.1, -0.05) is 103 Å². The van der Waals surface area contributed by atoms with Gasteiger partial charge in [0, 0.05) is 37.2 Å². The van der Waals surface area contributed by atoms with Crippen molar-refractivity contribution in [3.63, 3.8) is 0 Å². The predicted molar refractivity (Wildman–Crippen MR) is 163 cm³/mol. The lowest BCUT2D eigenvalue weighted by Crippen LogP contribution is -2.15. The van der Waals surface area contributed by atoms with Crippen LogP contribution < -0.4 is 0 Å². The zero-order valence-electron chi connectivity index (χ0n) is 21.2. The van der Waals surface area contributed by atoms with Crippen LogP contribution in [-0.4, -0.2) is 9.97 Å². The minimum absolute atomic E-state index is 0.130. The molecule has 39 heavy (non-hydrogen) atoms. The van der Waals surface area contributed by atoms with E-state index >= 15 is 0 Å². The molecule has 2 nitrogen and oxygen atoms in total. The van der Waals surface area contributed by atoms with Crippen LogP contribution in [0.5, 0.6) is 0 Å². The van der Waals surface area contributed by atoms with Crippen LogP contribution >= 0.6 is 11.3 Å². The zero-order valence-corrected chi connectivity index (χ0v) is 22.0. The third-order valence-electron chi connectivity index (χ3n) is 7.86. The van der Waals surface area contributed by atoms with E-state index in [0.717, 1.165) is 34.8 Å². The minimum atomic E-state index is 0.130. The summed E-state index contributed by atoms with van der Waals surface area (Å²) in [6.45, 7) is 0. The summed E-state index contributed by atoms with van der Waals surface area (Å²) in [7, 11) is 0. The second-order valence-electron chi connectivity index (χ2n) is 10.2. The van der Waals surface area contributed by atoms with Crippen LogP contribution in [0.1, 0.15) is 22.7 Å². The summed E-state index contributed by atoms with van der Waals surface area (Å²) >= 11 is 1.88. The molecule has 1 aliphatic rings. The number of hydrogen-bond acceptors (Lipinski definition) is 3. The highest BCUT2D eigenvalue weighted by molar-refractivity contribution is 7.25. The number of benzene rings is 5. The highest BCUT2D eigenvalue weighted by Crippen LogP contribution is 2.47. The highest BCUT2D eigenvalue weighted by atomic mass is 32.1. The lowest BCUT2D eigenvalue weighted by Gasteiger charge is -2.28. The summed E-state index contributed by atoms with van der Waals surface area (Å²) in [5.41, 5.74) is 9.55. The van der Waals surface area contributed by atoms with Gasteiger partial charge in [-0.2, -0.15) is 0 Å². The Morgan fingerprint density at radius 3 is 2.13 bits per heavy atom. The molecule has 1 unspecified atom stereocenters. The van der Waals surface area contributed by atoms with E-state index in [1.54, 1.807) is 0 Å². The Kier molecular flexibility index (Phi) is 5.17.